The minimum atomic E-state index is 0.266. The highest BCUT2D eigenvalue weighted by Gasteiger charge is 2.04. The Labute approximate surface area is 152 Å². The summed E-state index contributed by atoms with van der Waals surface area (Å²) in [6.07, 6.45) is 20.1. The molecule has 144 valence electrons. The fourth-order valence-corrected chi connectivity index (χ4v) is 3.23. The van der Waals surface area contributed by atoms with Gasteiger partial charge in [-0.25, -0.2) is 0 Å². The summed E-state index contributed by atoms with van der Waals surface area (Å²) in [5.41, 5.74) is 0. The maximum absolute atomic E-state index is 11.0. The van der Waals surface area contributed by atoms with E-state index in [1.54, 1.807) is 6.92 Å². The third-order valence-electron chi connectivity index (χ3n) is 4.68. The summed E-state index contributed by atoms with van der Waals surface area (Å²) in [6.45, 7) is 7.62. The summed E-state index contributed by atoms with van der Waals surface area (Å²) < 4.78 is 5.65. The lowest BCUT2D eigenvalue weighted by Gasteiger charge is -2.10. The van der Waals surface area contributed by atoms with Gasteiger partial charge in [0.15, 0.2) is 0 Å². The maximum Gasteiger partial charge on any atom is 0.130 e. The van der Waals surface area contributed by atoms with Crippen LogP contribution in [0.2, 0.25) is 0 Å². The second-order valence-corrected chi connectivity index (χ2v) is 7.68. The molecule has 1 atom stereocenters. The summed E-state index contributed by atoms with van der Waals surface area (Å²) in [7, 11) is 0. The molecule has 0 aromatic rings. The highest BCUT2D eigenvalue weighted by atomic mass is 16.5. The number of carbonyl (C=O) groups excluding carboxylic acids is 1. The number of Topliss-reactive ketones (excluding diaryl/α,β-unsaturated/α-hetero) is 1. The molecule has 0 aromatic carbocycles. The van der Waals surface area contributed by atoms with Gasteiger partial charge in [-0.3, -0.25) is 0 Å². The lowest BCUT2D eigenvalue weighted by molar-refractivity contribution is -0.118. The van der Waals surface area contributed by atoms with Crippen molar-refractivity contribution in [1.29, 1.82) is 0 Å². The van der Waals surface area contributed by atoms with Crippen LogP contribution >= 0.6 is 0 Å². The van der Waals surface area contributed by atoms with Crippen molar-refractivity contribution in [2.75, 3.05) is 13.2 Å². The second kappa shape index (κ2) is 19.0. The Kier molecular flexibility index (Phi) is 18.7. The molecule has 0 rings (SSSR count). The van der Waals surface area contributed by atoms with Gasteiger partial charge in [-0.15, -0.1) is 0 Å². The average molecular weight is 341 g/mol. The molecular weight excluding hydrogens is 296 g/mol. The van der Waals surface area contributed by atoms with Gasteiger partial charge >= 0.3 is 0 Å². The first-order valence-electron chi connectivity index (χ1n) is 10.7. The number of ether oxygens (including phenoxy) is 1. The van der Waals surface area contributed by atoms with Crippen molar-refractivity contribution in [3.63, 3.8) is 0 Å². The Bertz CT molecular complexity index is 263. The molecule has 0 heterocycles. The molecule has 2 nitrogen and oxygen atoms in total. The predicted octanol–water partition coefficient (Wildman–Crippen LogP) is 7.10. The van der Waals surface area contributed by atoms with Crippen LogP contribution in [0.25, 0.3) is 0 Å². The largest absolute Gasteiger partial charge is 0.381 e. The van der Waals surface area contributed by atoms with Crippen LogP contribution in [-0.2, 0) is 9.53 Å². The van der Waals surface area contributed by atoms with Crippen LogP contribution in [0.4, 0.5) is 0 Å². The Morgan fingerprint density at radius 3 is 1.58 bits per heavy atom. The van der Waals surface area contributed by atoms with Gasteiger partial charge in [-0.2, -0.15) is 0 Å². The van der Waals surface area contributed by atoms with Crippen molar-refractivity contribution in [1.82, 2.24) is 0 Å². The van der Waals surface area contributed by atoms with Crippen molar-refractivity contribution < 1.29 is 9.53 Å². The van der Waals surface area contributed by atoms with Crippen molar-refractivity contribution in [3.05, 3.63) is 0 Å². The van der Waals surface area contributed by atoms with Crippen molar-refractivity contribution in [2.45, 2.75) is 117 Å². The molecule has 0 aliphatic carbocycles. The number of carbonyl (C=O) groups is 1. The van der Waals surface area contributed by atoms with Crippen LogP contribution < -0.4 is 0 Å². The Morgan fingerprint density at radius 1 is 0.750 bits per heavy atom. The molecule has 0 spiro atoms. The molecule has 0 aliphatic rings. The molecule has 24 heavy (non-hydrogen) atoms. The highest BCUT2D eigenvalue weighted by molar-refractivity contribution is 5.75. The number of rotatable bonds is 19. The van der Waals surface area contributed by atoms with Crippen LogP contribution in [0.3, 0.4) is 0 Å². The molecule has 0 saturated heterocycles. The first-order chi connectivity index (χ1) is 11.7. The summed E-state index contributed by atoms with van der Waals surface area (Å²) in [6, 6.07) is 0. The van der Waals surface area contributed by atoms with Gasteiger partial charge < -0.3 is 9.53 Å². The van der Waals surface area contributed by atoms with E-state index in [2.05, 4.69) is 13.8 Å². The van der Waals surface area contributed by atoms with Crippen LogP contribution in [-0.4, -0.2) is 19.0 Å². The van der Waals surface area contributed by atoms with Gasteiger partial charge in [-0.1, -0.05) is 97.3 Å². The van der Waals surface area contributed by atoms with Crippen molar-refractivity contribution in [3.8, 4) is 0 Å². The molecule has 0 aliphatic heterocycles. The van der Waals surface area contributed by atoms with E-state index in [0.717, 1.165) is 13.2 Å². The molecule has 0 radical (unpaired) electrons. The van der Waals surface area contributed by atoms with E-state index in [1.165, 1.54) is 89.9 Å². The fourth-order valence-electron chi connectivity index (χ4n) is 3.23. The monoisotopic (exact) mass is 340 g/mol. The summed E-state index contributed by atoms with van der Waals surface area (Å²) in [5.74, 6) is 0.636. The summed E-state index contributed by atoms with van der Waals surface area (Å²) >= 11 is 0. The van der Waals surface area contributed by atoms with Crippen molar-refractivity contribution in [2.24, 2.45) is 5.92 Å². The molecule has 0 bridgehead atoms. The number of unbranched alkanes of at least 4 members (excludes halogenated alkanes) is 13. The number of hydrogen-bond donors (Lipinski definition) is 0. The van der Waals surface area contributed by atoms with E-state index in [0.29, 0.717) is 12.3 Å². The van der Waals surface area contributed by atoms with Gasteiger partial charge in [0.1, 0.15) is 5.78 Å². The molecule has 0 aromatic heterocycles. The first kappa shape index (κ1) is 23.6. The maximum atomic E-state index is 11.0. The Balaban J connectivity index is 3.06. The van der Waals surface area contributed by atoms with Crippen LogP contribution in [0.5, 0.6) is 0 Å². The van der Waals surface area contributed by atoms with Crippen LogP contribution in [0.15, 0.2) is 0 Å². The topological polar surface area (TPSA) is 26.3 Å². The first-order valence-corrected chi connectivity index (χ1v) is 10.7. The third kappa shape index (κ3) is 19.7. The fraction of sp³-hybridized carbons (Fsp3) is 0.955. The van der Waals surface area contributed by atoms with E-state index >= 15 is 0 Å². The normalized spacial score (nSPS) is 12.5. The zero-order chi connectivity index (χ0) is 17.9. The molecule has 1 unspecified atom stereocenters. The van der Waals surface area contributed by atoms with Gasteiger partial charge in [-0.05, 0) is 19.3 Å². The SMILES string of the molecule is CCCCCCCCCCCCCCCCOCC(C)CC(C)=O. The van der Waals surface area contributed by atoms with E-state index in [9.17, 15) is 4.79 Å². The lowest BCUT2D eigenvalue weighted by atomic mass is 10.0. The van der Waals surface area contributed by atoms with E-state index in [1.807, 2.05) is 0 Å². The standard InChI is InChI=1S/C22H44O2/c1-4-5-6-7-8-9-10-11-12-13-14-15-16-17-18-24-20-21(2)19-22(3)23/h21H,4-20H2,1-3H3. The third-order valence-corrected chi connectivity index (χ3v) is 4.68. The lowest BCUT2D eigenvalue weighted by Crippen LogP contribution is -2.10. The van der Waals surface area contributed by atoms with E-state index < -0.39 is 0 Å². The summed E-state index contributed by atoms with van der Waals surface area (Å²) in [4.78, 5) is 11.0. The molecule has 2 heteroatoms. The predicted molar refractivity (Wildman–Crippen MR) is 106 cm³/mol. The zero-order valence-electron chi connectivity index (χ0n) is 16.9. The number of ketones is 1. The molecular formula is C22H44O2. The van der Waals surface area contributed by atoms with Crippen LogP contribution in [0.1, 0.15) is 117 Å². The minimum absolute atomic E-state index is 0.266. The molecule has 0 fully saturated rings. The van der Waals surface area contributed by atoms with Gasteiger partial charge in [0.25, 0.3) is 0 Å². The molecule has 0 amide bonds. The Morgan fingerprint density at radius 2 is 1.17 bits per heavy atom. The summed E-state index contributed by atoms with van der Waals surface area (Å²) in [5, 5.41) is 0. The Hall–Kier alpha value is -0.370. The van der Waals surface area contributed by atoms with Gasteiger partial charge in [0.2, 0.25) is 0 Å². The van der Waals surface area contributed by atoms with Gasteiger partial charge in [0, 0.05) is 19.6 Å². The van der Waals surface area contributed by atoms with Crippen LogP contribution in [0, 0.1) is 5.92 Å². The van der Waals surface area contributed by atoms with Crippen molar-refractivity contribution >= 4 is 5.78 Å². The van der Waals surface area contributed by atoms with Gasteiger partial charge in [0.05, 0.1) is 0 Å². The van der Waals surface area contributed by atoms with E-state index in [-0.39, 0.29) is 5.78 Å². The van der Waals surface area contributed by atoms with E-state index in [4.69, 9.17) is 4.74 Å². The number of hydrogen-bond acceptors (Lipinski definition) is 2. The highest BCUT2D eigenvalue weighted by Crippen LogP contribution is 2.13. The molecule has 0 N–H and O–H groups in total. The zero-order valence-corrected chi connectivity index (χ0v) is 16.9. The average Bonchev–Trinajstić information content (AvgIpc) is 2.53. The minimum Gasteiger partial charge on any atom is -0.381 e. The quantitative estimate of drug-likeness (QED) is 0.234. The second-order valence-electron chi connectivity index (χ2n) is 7.68. The smallest absolute Gasteiger partial charge is 0.130 e. The molecule has 0 saturated carbocycles.